The van der Waals surface area contributed by atoms with Gasteiger partial charge >= 0.3 is 6.09 Å². The average molecular weight is 625 g/mol. The molecule has 43 heavy (non-hydrogen) atoms. The van der Waals surface area contributed by atoms with E-state index in [1.54, 1.807) is 27.6 Å². The Morgan fingerprint density at radius 1 is 1.02 bits per heavy atom. The maximum absolute atomic E-state index is 13.3. The van der Waals surface area contributed by atoms with Crippen LogP contribution in [0.5, 0.6) is 0 Å². The molecule has 8 nitrogen and oxygen atoms in total. The molecule has 0 unspecified atom stereocenters. The van der Waals surface area contributed by atoms with Crippen LogP contribution in [-0.2, 0) is 28.9 Å². The van der Waals surface area contributed by atoms with E-state index in [4.69, 9.17) is 9.72 Å². The zero-order valence-electron chi connectivity index (χ0n) is 26.3. The number of benzene rings is 1. The molecule has 2 aliphatic heterocycles. The van der Waals surface area contributed by atoms with Gasteiger partial charge in [-0.05, 0) is 70.3 Å². The summed E-state index contributed by atoms with van der Waals surface area (Å²) in [6, 6.07) is 5.82. The third-order valence-electron chi connectivity index (χ3n) is 8.02. The number of piperazine rings is 1. The number of thiazole rings is 1. The number of ether oxygens (including phenoxy) is 1. The fraction of sp³-hybridized carbons (Fsp3) is 0.576. The lowest BCUT2D eigenvalue weighted by Gasteiger charge is -2.32. The molecule has 0 atom stereocenters. The number of hydrogen-bond donors (Lipinski definition) is 0. The van der Waals surface area contributed by atoms with Crippen molar-refractivity contribution in [3.63, 3.8) is 0 Å². The summed E-state index contributed by atoms with van der Waals surface area (Å²) >= 11 is 3.24. The second kappa shape index (κ2) is 13.0. The lowest BCUT2D eigenvalue weighted by Crippen LogP contribution is -2.47. The predicted molar refractivity (Wildman–Crippen MR) is 174 cm³/mol. The zero-order chi connectivity index (χ0) is 30.9. The number of nitrogens with zero attached hydrogens (tertiary/aromatic N) is 4. The van der Waals surface area contributed by atoms with Crippen molar-refractivity contribution in [1.29, 1.82) is 0 Å². The van der Waals surface area contributed by atoms with Gasteiger partial charge in [0, 0.05) is 66.4 Å². The SMILES string of the molecule is CC(C)CCCC(=O)Cc1sc2c(c1-c1nc3cc(C(=O)N4CCN(C)CC4)ccc3s1)CCN(C(=O)OC(C)(C)C)C2. The van der Waals surface area contributed by atoms with Crippen molar-refractivity contribution in [2.45, 2.75) is 78.9 Å². The molecule has 1 fully saturated rings. The monoisotopic (exact) mass is 624 g/mol. The highest BCUT2D eigenvalue weighted by molar-refractivity contribution is 7.22. The van der Waals surface area contributed by atoms with Gasteiger partial charge in [-0.15, -0.1) is 22.7 Å². The molecule has 0 saturated carbocycles. The van der Waals surface area contributed by atoms with Crippen LogP contribution in [0.2, 0.25) is 0 Å². The van der Waals surface area contributed by atoms with E-state index in [0.29, 0.717) is 43.8 Å². The minimum Gasteiger partial charge on any atom is -0.444 e. The molecule has 2 aliphatic rings. The minimum atomic E-state index is -0.558. The first-order valence-electron chi connectivity index (χ1n) is 15.4. The predicted octanol–water partition coefficient (Wildman–Crippen LogP) is 6.64. The Labute approximate surface area is 263 Å². The summed E-state index contributed by atoms with van der Waals surface area (Å²) in [7, 11) is 2.08. The molecular weight excluding hydrogens is 581 g/mol. The number of aromatic nitrogens is 1. The molecule has 0 spiro atoms. The minimum absolute atomic E-state index is 0.0485. The van der Waals surface area contributed by atoms with E-state index in [1.165, 1.54) is 5.56 Å². The summed E-state index contributed by atoms with van der Waals surface area (Å²) in [5, 5.41) is 0.882. The number of likely N-dealkylation sites (N-methyl/N-ethyl adjacent to an activating group) is 1. The number of ketones is 1. The maximum atomic E-state index is 13.3. The Morgan fingerprint density at radius 3 is 2.47 bits per heavy atom. The molecule has 1 saturated heterocycles. The average Bonchev–Trinajstić information content (AvgIpc) is 3.51. The third-order valence-corrected chi connectivity index (χ3v) is 10.3. The molecule has 5 rings (SSSR count). The number of amides is 2. The summed E-state index contributed by atoms with van der Waals surface area (Å²) in [6.45, 7) is 14.2. The van der Waals surface area contributed by atoms with E-state index in [2.05, 4.69) is 25.8 Å². The van der Waals surface area contributed by atoms with E-state index in [9.17, 15) is 14.4 Å². The van der Waals surface area contributed by atoms with Gasteiger partial charge in [0.15, 0.2) is 0 Å². The highest BCUT2D eigenvalue weighted by Gasteiger charge is 2.31. The number of Topliss-reactive ketones (excluding diaryl/α,β-unsaturated/α-hetero) is 1. The Balaban J connectivity index is 1.44. The normalized spacial score (nSPS) is 16.2. The molecule has 4 heterocycles. The van der Waals surface area contributed by atoms with E-state index in [-0.39, 0.29) is 17.8 Å². The van der Waals surface area contributed by atoms with Crippen molar-refractivity contribution < 1.29 is 19.1 Å². The lowest BCUT2D eigenvalue weighted by molar-refractivity contribution is -0.118. The molecule has 3 aromatic rings. The van der Waals surface area contributed by atoms with Gasteiger partial charge in [0.2, 0.25) is 0 Å². The van der Waals surface area contributed by atoms with Crippen LogP contribution in [0.1, 0.15) is 79.6 Å². The fourth-order valence-corrected chi connectivity index (χ4v) is 8.16. The van der Waals surface area contributed by atoms with Crippen LogP contribution in [0, 0.1) is 5.92 Å². The first-order chi connectivity index (χ1) is 20.4. The molecule has 0 N–H and O–H groups in total. The van der Waals surface area contributed by atoms with Crippen molar-refractivity contribution in [2.24, 2.45) is 5.92 Å². The molecule has 2 aromatic heterocycles. The molecule has 0 aliphatic carbocycles. The number of rotatable bonds is 8. The molecule has 1 aromatic carbocycles. The third kappa shape index (κ3) is 7.64. The van der Waals surface area contributed by atoms with E-state index in [0.717, 1.165) is 69.6 Å². The largest absolute Gasteiger partial charge is 0.444 e. The first kappa shape index (κ1) is 31.6. The first-order valence-corrected chi connectivity index (χ1v) is 17.0. The van der Waals surface area contributed by atoms with Crippen molar-refractivity contribution in [3.8, 4) is 10.6 Å². The van der Waals surface area contributed by atoms with Gasteiger partial charge in [-0.2, -0.15) is 0 Å². The van der Waals surface area contributed by atoms with Crippen LogP contribution in [0.3, 0.4) is 0 Å². The number of hydrogen-bond acceptors (Lipinski definition) is 8. The highest BCUT2D eigenvalue weighted by atomic mass is 32.1. The Kier molecular flexibility index (Phi) is 9.58. The summed E-state index contributed by atoms with van der Waals surface area (Å²) in [4.78, 5) is 52.4. The van der Waals surface area contributed by atoms with Gasteiger partial charge in [-0.3, -0.25) is 9.59 Å². The van der Waals surface area contributed by atoms with Gasteiger partial charge in [0.05, 0.1) is 16.8 Å². The summed E-state index contributed by atoms with van der Waals surface area (Å²) in [5.74, 6) is 0.866. The fourth-order valence-electron chi connectivity index (χ4n) is 5.65. The second-order valence-electron chi connectivity index (χ2n) is 13.3. The molecule has 10 heteroatoms. The van der Waals surface area contributed by atoms with Crippen LogP contribution in [0.15, 0.2) is 18.2 Å². The number of thiophene rings is 1. The maximum Gasteiger partial charge on any atom is 0.410 e. The second-order valence-corrected chi connectivity index (χ2v) is 15.5. The van der Waals surface area contributed by atoms with Crippen molar-refractivity contribution in [1.82, 2.24) is 19.7 Å². The van der Waals surface area contributed by atoms with Gasteiger partial charge in [0.25, 0.3) is 5.91 Å². The smallest absolute Gasteiger partial charge is 0.410 e. The Morgan fingerprint density at radius 2 is 1.77 bits per heavy atom. The Bertz CT molecular complexity index is 1490. The van der Waals surface area contributed by atoms with Crippen molar-refractivity contribution in [3.05, 3.63) is 39.1 Å². The standard InChI is InChI=1S/C33H44N4O4S2/c1-21(2)8-7-9-23(38)19-27-29(24-12-13-37(20-28(24)42-27)32(40)41-33(3,4)5)30-34-25-18-22(10-11-26(25)43-30)31(39)36-16-14-35(6)15-17-36/h10-11,18,21H,7-9,12-17,19-20H2,1-6H3. The van der Waals surface area contributed by atoms with Gasteiger partial charge in [0.1, 0.15) is 16.4 Å². The van der Waals surface area contributed by atoms with E-state index in [1.807, 2.05) is 43.9 Å². The molecule has 0 bridgehead atoms. The number of carbonyl (C=O) groups excluding carboxylic acids is 3. The van der Waals surface area contributed by atoms with Gasteiger partial charge in [-0.25, -0.2) is 9.78 Å². The Hall–Kier alpha value is -2.82. The van der Waals surface area contributed by atoms with Crippen molar-refractivity contribution >= 4 is 50.7 Å². The summed E-state index contributed by atoms with van der Waals surface area (Å²) in [6.07, 6.45) is 3.26. The van der Waals surface area contributed by atoms with Crippen LogP contribution in [0.25, 0.3) is 20.8 Å². The number of carbonyl (C=O) groups is 3. The van der Waals surface area contributed by atoms with E-state index < -0.39 is 5.60 Å². The number of fused-ring (bicyclic) bond motifs is 2. The van der Waals surface area contributed by atoms with E-state index >= 15 is 0 Å². The molecule has 0 radical (unpaired) electrons. The van der Waals surface area contributed by atoms with Gasteiger partial charge < -0.3 is 19.4 Å². The lowest BCUT2D eigenvalue weighted by atomic mass is 9.99. The topological polar surface area (TPSA) is 83.1 Å². The van der Waals surface area contributed by atoms with Crippen LogP contribution in [-0.4, -0.2) is 82.8 Å². The highest BCUT2D eigenvalue weighted by Crippen LogP contribution is 2.43. The molecule has 2 amide bonds. The van der Waals surface area contributed by atoms with Gasteiger partial charge in [-0.1, -0.05) is 20.3 Å². The van der Waals surface area contributed by atoms with Crippen LogP contribution >= 0.6 is 22.7 Å². The van der Waals surface area contributed by atoms with Crippen LogP contribution < -0.4 is 0 Å². The molecular formula is C33H44N4O4S2. The summed E-state index contributed by atoms with van der Waals surface area (Å²) in [5.41, 5.74) is 3.14. The summed E-state index contributed by atoms with van der Waals surface area (Å²) < 4.78 is 6.67. The van der Waals surface area contributed by atoms with Crippen molar-refractivity contribution in [2.75, 3.05) is 39.8 Å². The quantitative estimate of drug-likeness (QED) is 0.279. The van der Waals surface area contributed by atoms with Crippen LogP contribution in [0.4, 0.5) is 4.79 Å². The molecule has 232 valence electrons. The zero-order valence-corrected chi connectivity index (χ0v) is 28.0.